The number of fused-ring (bicyclic) bond motifs is 1. The molecule has 1 N–H and O–H groups in total. The molecule has 0 aromatic heterocycles. The molecular formula is C10H9NO2. The number of carbonyl (C=O) groups is 1. The maximum atomic E-state index is 10.8. The number of benzene rings is 1. The Labute approximate surface area is 75.7 Å². The summed E-state index contributed by atoms with van der Waals surface area (Å²) in [6.07, 6.45) is 2.47. The van der Waals surface area contributed by atoms with Crippen LogP contribution in [0, 0.1) is 0 Å². The van der Waals surface area contributed by atoms with E-state index >= 15 is 0 Å². The standard InChI is InChI=1S/C10H9NO2/c12-10(13)9-3-1-2-7-6-11-5-4-8(7)9/h1-3,6H,4-5H2,(H,12,13). The number of hydrogen-bond donors (Lipinski definition) is 1. The van der Waals surface area contributed by atoms with Crippen molar-refractivity contribution >= 4 is 12.2 Å². The number of aliphatic imine (C=N–C) groups is 1. The SMILES string of the molecule is O=C(O)c1cccc2c1CCN=C2. The number of carboxylic acids is 1. The highest BCUT2D eigenvalue weighted by Gasteiger charge is 2.14. The van der Waals surface area contributed by atoms with Gasteiger partial charge in [0.25, 0.3) is 0 Å². The maximum Gasteiger partial charge on any atom is 0.335 e. The first-order chi connectivity index (χ1) is 6.29. The van der Waals surface area contributed by atoms with Gasteiger partial charge in [-0.3, -0.25) is 4.99 Å². The first-order valence-corrected chi connectivity index (χ1v) is 4.14. The molecule has 1 aliphatic rings. The summed E-state index contributed by atoms with van der Waals surface area (Å²) >= 11 is 0. The number of aromatic carboxylic acids is 1. The highest BCUT2D eigenvalue weighted by Crippen LogP contribution is 2.17. The second-order valence-corrected chi connectivity index (χ2v) is 2.96. The third-order valence-corrected chi connectivity index (χ3v) is 2.16. The van der Waals surface area contributed by atoms with Gasteiger partial charge in [0.15, 0.2) is 0 Å². The van der Waals surface area contributed by atoms with Crippen molar-refractivity contribution in [2.45, 2.75) is 6.42 Å². The van der Waals surface area contributed by atoms with E-state index in [9.17, 15) is 4.79 Å². The Morgan fingerprint density at radius 2 is 2.31 bits per heavy atom. The monoisotopic (exact) mass is 175 g/mol. The van der Waals surface area contributed by atoms with E-state index in [2.05, 4.69) is 4.99 Å². The molecule has 0 unspecified atom stereocenters. The van der Waals surface area contributed by atoms with Gasteiger partial charge in [-0.2, -0.15) is 0 Å². The van der Waals surface area contributed by atoms with Crippen LogP contribution in [0.2, 0.25) is 0 Å². The van der Waals surface area contributed by atoms with Crippen LogP contribution in [0.15, 0.2) is 23.2 Å². The fraction of sp³-hybridized carbons (Fsp3) is 0.200. The zero-order valence-electron chi connectivity index (χ0n) is 7.03. The molecule has 13 heavy (non-hydrogen) atoms. The van der Waals surface area contributed by atoms with Gasteiger partial charge in [-0.25, -0.2) is 4.79 Å². The Balaban J connectivity index is 2.59. The van der Waals surface area contributed by atoms with Gasteiger partial charge in [0.1, 0.15) is 0 Å². The molecule has 0 aliphatic carbocycles. The van der Waals surface area contributed by atoms with E-state index < -0.39 is 5.97 Å². The van der Waals surface area contributed by atoms with Gasteiger partial charge < -0.3 is 5.11 Å². The highest BCUT2D eigenvalue weighted by molar-refractivity contribution is 5.94. The second kappa shape index (κ2) is 3.01. The molecule has 3 nitrogen and oxygen atoms in total. The van der Waals surface area contributed by atoms with Gasteiger partial charge >= 0.3 is 5.97 Å². The van der Waals surface area contributed by atoms with E-state index in [1.165, 1.54) is 0 Å². The Bertz CT molecular complexity index is 383. The fourth-order valence-electron chi connectivity index (χ4n) is 1.54. The molecule has 3 heteroatoms. The van der Waals surface area contributed by atoms with Crippen LogP contribution in [0.5, 0.6) is 0 Å². The molecular weight excluding hydrogens is 166 g/mol. The van der Waals surface area contributed by atoms with E-state index in [0.29, 0.717) is 12.1 Å². The molecule has 66 valence electrons. The number of rotatable bonds is 1. The van der Waals surface area contributed by atoms with Crippen molar-refractivity contribution in [2.75, 3.05) is 6.54 Å². The van der Waals surface area contributed by atoms with Crippen molar-refractivity contribution in [1.29, 1.82) is 0 Å². The third kappa shape index (κ3) is 1.33. The van der Waals surface area contributed by atoms with Gasteiger partial charge in [-0.15, -0.1) is 0 Å². The van der Waals surface area contributed by atoms with Crippen LogP contribution >= 0.6 is 0 Å². The van der Waals surface area contributed by atoms with E-state index in [1.807, 2.05) is 6.07 Å². The molecule has 2 rings (SSSR count). The normalized spacial score (nSPS) is 13.8. The van der Waals surface area contributed by atoms with Crippen LogP contribution in [0.4, 0.5) is 0 Å². The number of hydrogen-bond acceptors (Lipinski definition) is 2. The lowest BCUT2D eigenvalue weighted by atomic mass is 9.97. The van der Waals surface area contributed by atoms with Crippen molar-refractivity contribution in [2.24, 2.45) is 4.99 Å². The summed E-state index contributed by atoms with van der Waals surface area (Å²) in [5, 5.41) is 8.90. The van der Waals surface area contributed by atoms with Crippen molar-refractivity contribution in [3.8, 4) is 0 Å². The molecule has 0 atom stereocenters. The van der Waals surface area contributed by atoms with Crippen molar-refractivity contribution < 1.29 is 9.90 Å². The van der Waals surface area contributed by atoms with Crippen molar-refractivity contribution in [3.63, 3.8) is 0 Å². The summed E-state index contributed by atoms with van der Waals surface area (Å²) in [5.74, 6) is -0.854. The number of carboxylic acid groups (broad SMARTS) is 1. The molecule has 0 radical (unpaired) electrons. The molecule has 0 saturated heterocycles. The van der Waals surface area contributed by atoms with Gasteiger partial charge in [0, 0.05) is 12.8 Å². The Hall–Kier alpha value is -1.64. The molecule has 0 amide bonds. The molecule has 1 aromatic rings. The zero-order valence-corrected chi connectivity index (χ0v) is 7.03. The molecule has 0 saturated carbocycles. The topological polar surface area (TPSA) is 49.7 Å². The minimum Gasteiger partial charge on any atom is -0.478 e. The average molecular weight is 175 g/mol. The van der Waals surface area contributed by atoms with Crippen LogP contribution in [-0.2, 0) is 6.42 Å². The zero-order chi connectivity index (χ0) is 9.26. The Morgan fingerprint density at radius 3 is 3.08 bits per heavy atom. The number of nitrogens with zero attached hydrogens (tertiary/aromatic N) is 1. The maximum absolute atomic E-state index is 10.8. The molecule has 1 aliphatic heterocycles. The summed E-state index contributed by atoms with van der Waals surface area (Å²) in [4.78, 5) is 14.9. The van der Waals surface area contributed by atoms with Crippen LogP contribution < -0.4 is 0 Å². The highest BCUT2D eigenvalue weighted by atomic mass is 16.4. The lowest BCUT2D eigenvalue weighted by Gasteiger charge is -2.11. The minimum atomic E-state index is -0.854. The lowest BCUT2D eigenvalue weighted by Crippen LogP contribution is -2.10. The first kappa shape index (κ1) is 7.98. The van der Waals surface area contributed by atoms with E-state index in [4.69, 9.17) is 5.11 Å². The molecule has 1 heterocycles. The fourth-order valence-corrected chi connectivity index (χ4v) is 1.54. The van der Waals surface area contributed by atoms with E-state index in [-0.39, 0.29) is 0 Å². The minimum absolute atomic E-state index is 0.406. The van der Waals surface area contributed by atoms with E-state index in [0.717, 1.165) is 17.5 Å². The quantitative estimate of drug-likeness (QED) is 0.700. The van der Waals surface area contributed by atoms with Gasteiger partial charge in [0.05, 0.1) is 5.56 Å². The van der Waals surface area contributed by atoms with Crippen LogP contribution in [0.1, 0.15) is 21.5 Å². The first-order valence-electron chi connectivity index (χ1n) is 4.14. The average Bonchev–Trinajstić information content (AvgIpc) is 2.17. The van der Waals surface area contributed by atoms with Gasteiger partial charge in [-0.05, 0) is 23.6 Å². The van der Waals surface area contributed by atoms with Crippen LogP contribution in [0.3, 0.4) is 0 Å². The third-order valence-electron chi connectivity index (χ3n) is 2.16. The smallest absolute Gasteiger partial charge is 0.335 e. The molecule has 0 fully saturated rings. The molecule has 0 spiro atoms. The summed E-state index contributed by atoms with van der Waals surface area (Å²) in [6.45, 7) is 0.692. The Kier molecular flexibility index (Phi) is 1.85. The predicted octanol–water partition coefficient (Wildman–Crippen LogP) is 1.36. The van der Waals surface area contributed by atoms with Crippen LogP contribution in [0.25, 0.3) is 0 Å². The Morgan fingerprint density at radius 1 is 1.46 bits per heavy atom. The molecule has 1 aromatic carbocycles. The summed E-state index contributed by atoms with van der Waals surface area (Å²) in [6, 6.07) is 5.28. The van der Waals surface area contributed by atoms with Crippen molar-refractivity contribution in [3.05, 3.63) is 34.9 Å². The predicted molar refractivity (Wildman–Crippen MR) is 49.6 cm³/mol. The molecule has 0 bridgehead atoms. The van der Waals surface area contributed by atoms with Crippen molar-refractivity contribution in [1.82, 2.24) is 0 Å². The van der Waals surface area contributed by atoms with Gasteiger partial charge in [-0.1, -0.05) is 12.1 Å². The summed E-state index contributed by atoms with van der Waals surface area (Å²) in [7, 11) is 0. The summed E-state index contributed by atoms with van der Waals surface area (Å²) in [5.41, 5.74) is 2.25. The van der Waals surface area contributed by atoms with E-state index in [1.54, 1.807) is 18.3 Å². The van der Waals surface area contributed by atoms with Crippen LogP contribution in [-0.4, -0.2) is 23.8 Å². The lowest BCUT2D eigenvalue weighted by molar-refractivity contribution is 0.0695. The van der Waals surface area contributed by atoms with Gasteiger partial charge in [0.2, 0.25) is 0 Å². The second-order valence-electron chi connectivity index (χ2n) is 2.96. The largest absolute Gasteiger partial charge is 0.478 e. The summed E-state index contributed by atoms with van der Waals surface area (Å²) < 4.78 is 0.